The third-order valence-corrected chi connectivity index (χ3v) is 8.96. The van der Waals surface area contributed by atoms with Crippen LogP contribution in [0.1, 0.15) is 36.1 Å². The van der Waals surface area contributed by atoms with E-state index in [0.717, 1.165) is 51.7 Å². The molecule has 3 aliphatic rings. The maximum atomic E-state index is 14.3. The predicted octanol–water partition coefficient (Wildman–Crippen LogP) is 6.03. The summed E-state index contributed by atoms with van der Waals surface area (Å²) in [4.78, 5) is 18.7. The first-order chi connectivity index (χ1) is 23.0. The lowest BCUT2D eigenvalue weighted by atomic mass is 9.75. The van der Waals surface area contributed by atoms with Gasteiger partial charge in [-0.3, -0.25) is 4.79 Å². The van der Waals surface area contributed by atoms with Crippen molar-refractivity contribution in [1.82, 2.24) is 0 Å². The van der Waals surface area contributed by atoms with Crippen molar-refractivity contribution in [3.05, 3.63) is 119 Å². The molecule has 9 nitrogen and oxygen atoms in total. The summed E-state index contributed by atoms with van der Waals surface area (Å²) >= 11 is 0. The number of rotatable bonds is 12. The average Bonchev–Trinajstić information content (AvgIpc) is 3.95. The Hall–Kier alpha value is -4.57. The fraction of sp³-hybridized carbons (Fsp3) is 0.342. The van der Waals surface area contributed by atoms with Crippen LogP contribution < -0.4 is 19.3 Å². The van der Waals surface area contributed by atoms with Gasteiger partial charge in [0.1, 0.15) is 23.0 Å². The number of para-hydroxylation sites is 2. The molecule has 4 aromatic rings. The molecular formula is C38H40N2O7. The Bertz CT molecular complexity index is 1580. The molecule has 0 amide bonds. The van der Waals surface area contributed by atoms with Crippen LogP contribution in [0.3, 0.4) is 0 Å². The van der Waals surface area contributed by atoms with E-state index in [1.54, 1.807) is 6.92 Å². The summed E-state index contributed by atoms with van der Waals surface area (Å²) in [6.07, 6.45) is -0.582. The van der Waals surface area contributed by atoms with Gasteiger partial charge in [-0.15, -0.1) is 0 Å². The summed E-state index contributed by atoms with van der Waals surface area (Å²) < 4.78 is 34.9. The lowest BCUT2D eigenvalue weighted by molar-refractivity contribution is -0.181. The highest BCUT2D eigenvalue weighted by molar-refractivity contribution is 5.87. The van der Waals surface area contributed by atoms with Crippen LogP contribution in [0.25, 0.3) is 0 Å². The number of epoxide rings is 1. The molecule has 1 saturated heterocycles. The number of fused-ring (bicyclic) bond motifs is 2. The molecule has 7 rings (SSSR count). The zero-order valence-electron chi connectivity index (χ0n) is 26.8. The van der Waals surface area contributed by atoms with Crippen LogP contribution in [0.5, 0.6) is 11.5 Å². The standard InChI is InChI=1S/C38H40N2O7/c1-27(43-18-17-42-23-34-24-44-34)47-37(41)38(2,30-13-15-35-28(19-30)21-39(25-45-35)32-9-5-3-6-10-32)31-14-16-36-29(20-31)22-40(26-46-36)33-11-7-4-8-12-33/h3-16,19-20,27,34H,17-18,21-26H2,1-2H3. The van der Waals surface area contributed by atoms with Gasteiger partial charge in [0.25, 0.3) is 0 Å². The molecule has 4 aromatic carbocycles. The van der Waals surface area contributed by atoms with E-state index in [-0.39, 0.29) is 6.10 Å². The van der Waals surface area contributed by atoms with Crippen LogP contribution in [0, 0.1) is 0 Å². The minimum atomic E-state index is -1.16. The van der Waals surface area contributed by atoms with Gasteiger partial charge >= 0.3 is 5.97 Å². The first kappa shape index (κ1) is 31.1. The number of nitrogens with zero attached hydrogens (tertiary/aromatic N) is 2. The molecule has 3 aliphatic heterocycles. The minimum Gasteiger partial charge on any atom is -0.473 e. The van der Waals surface area contributed by atoms with Crippen LogP contribution in [0.2, 0.25) is 0 Å². The molecule has 244 valence electrons. The normalized spacial score (nSPS) is 17.5. The zero-order valence-corrected chi connectivity index (χ0v) is 26.8. The second-order valence-electron chi connectivity index (χ2n) is 12.3. The van der Waals surface area contributed by atoms with Crippen LogP contribution in [-0.4, -0.2) is 58.3 Å². The van der Waals surface area contributed by atoms with Crippen molar-refractivity contribution in [2.75, 3.05) is 49.7 Å². The largest absolute Gasteiger partial charge is 0.473 e. The van der Waals surface area contributed by atoms with Gasteiger partial charge in [0, 0.05) is 35.6 Å². The minimum absolute atomic E-state index is 0.189. The van der Waals surface area contributed by atoms with Gasteiger partial charge in [0.2, 0.25) is 0 Å². The highest BCUT2D eigenvalue weighted by atomic mass is 16.7. The Morgan fingerprint density at radius 2 is 1.34 bits per heavy atom. The third-order valence-electron chi connectivity index (χ3n) is 8.96. The Labute approximate surface area is 275 Å². The number of ether oxygens (including phenoxy) is 6. The van der Waals surface area contributed by atoms with Gasteiger partial charge in [0.15, 0.2) is 19.8 Å². The van der Waals surface area contributed by atoms with E-state index >= 15 is 0 Å². The molecule has 0 radical (unpaired) electrons. The molecule has 9 heteroatoms. The molecule has 2 atom stereocenters. The van der Waals surface area contributed by atoms with Gasteiger partial charge in [-0.05, 0) is 73.5 Å². The molecule has 0 bridgehead atoms. The maximum Gasteiger partial charge on any atom is 0.323 e. The van der Waals surface area contributed by atoms with Gasteiger partial charge in [-0.2, -0.15) is 0 Å². The number of carbonyl (C=O) groups is 1. The first-order valence-electron chi connectivity index (χ1n) is 16.1. The molecule has 0 saturated carbocycles. The molecule has 47 heavy (non-hydrogen) atoms. The van der Waals surface area contributed by atoms with E-state index in [1.807, 2.05) is 67.6 Å². The van der Waals surface area contributed by atoms with E-state index in [1.165, 1.54) is 0 Å². The monoisotopic (exact) mass is 636 g/mol. The number of esters is 1. The summed E-state index contributed by atoms with van der Waals surface area (Å²) in [7, 11) is 0. The topological polar surface area (TPSA) is 82.2 Å². The Balaban J connectivity index is 1.17. The Morgan fingerprint density at radius 1 is 0.809 bits per heavy atom. The zero-order chi connectivity index (χ0) is 32.2. The highest BCUT2D eigenvalue weighted by Crippen LogP contribution is 2.40. The third kappa shape index (κ3) is 6.93. The maximum absolute atomic E-state index is 14.3. The average molecular weight is 637 g/mol. The number of anilines is 2. The first-order valence-corrected chi connectivity index (χ1v) is 16.1. The fourth-order valence-electron chi connectivity index (χ4n) is 6.07. The SMILES string of the molecule is CC(OCCOCC1CO1)OC(=O)C(C)(c1ccc2c(c1)CN(c1ccccc1)CO2)c1ccc2c(c1)CN(c1ccccc1)CO2. The molecule has 0 spiro atoms. The van der Waals surface area contributed by atoms with E-state index in [4.69, 9.17) is 28.4 Å². The summed E-state index contributed by atoms with van der Waals surface area (Å²) in [6, 6.07) is 32.3. The summed E-state index contributed by atoms with van der Waals surface area (Å²) in [6.45, 7) is 7.83. The van der Waals surface area contributed by atoms with Crippen molar-refractivity contribution in [2.45, 2.75) is 44.7 Å². The second-order valence-corrected chi connectivity index (χ2v) is 12.3. The summed E-state index contributed by atoms with van der Waals surface area (Å²) in [5.74, 6) is 1.20. The number of carbonyl (C=O) groups excluding carboxylic acids is 1. The quantitative estimate of drug-likeness (QED) is 0.0802. The van der Waals surface area contributed by atoms with E-state index in [2.05, 4.69) is 46.2 Å². The van der Waals surface area contributed by atoms with Gasteiger partial charge < -0.3 is 38.2 Å². The lowest BCUT2D eigenvalue weighted by Crippen LogP contribution is -2.39. The smallest absolute Gasteiger partial charge is 0.323 e. The van der Waals surface area contributed by atoms with Gasteiger partial charge in [-0.25, -0.2) is 0 Å². The van der Waals surface area contributed by atoms with Gasteiger partial charge in [0.05, 0.1) is 26.4 Å². The van der Waals surface area contributed by atoms with E-state index in [9.17, 15) is 4.79 Å². The van der Waals surface area contributed by atoms with Gasteiger partial charge in [-0.1, -0.05) is 48.5 Å². The number of hydrogen-bond acceptors (Lipinski definition) is 9. The Kier molecular flexibility index (Phi) is 9.02. The molecule has 0 aliphatic carbocycles. The molecule has 2 unspecified atom stereocenters. The Morgan fingerprint density at radius 3 is 1.85 bits per heavy atom. The molecule has 1 fully saturated rings. The van der Waals surface area contributed by atoms with Crippen LogP contribution in [0.4, 0.5) is 11.4 Å². The highest BCUT2D eigenvalue weighted by Gasteiger charge is 2.41. The van der Waals surface area contributed by atoms with Crippen LogP contribution in [-0.2, 0) is 42.2 Å². The van der Waals surface area contributed by atoms with Crippen molar-refractivity contribution < 1.29 is 33.2 Å². The van der Waals surface area contributed by atoms with Crippen molar-refractivity contribution in [2.24, 2.45) is 0 Å². The molecular weight excluding hydrogens is 596 g/mol. The van der Waals surface area contributed by atoms with Crippen LogP contribution >= 0.6 is 0 Å². The van der Waals surface area contributed by atoms with E-state index < -0.39 is 17.7 Å². The molecule has 0 N–H and O–H groups in total. The fourth-order valence-corrected chi connectivity index (χ4v) is 6.07. The van der Waals surface area contributed by atoms with Crippen molar-refractivity contribution >= 4 is 17.3 Å². The summed E-state index contributed by atoms with van der Waals surface area (Å²) in [5.41, 5.74) is 4.58. The van der Waals surface area contributed by atoms with Crippen LogP contribution in [0.15, 0.2) is 97.1 Å². The number of hydrogen-bond donors (Lipinski definition) is 0. The van der Waals surface area contributed by atoms with Crippen molar-refractivity contribution in [1.29, 1.82) is 0 Å². The second kappa shape index (κ2) is 13.7. The van der Waals surface area contributed by atoms with Crippen molar-refractivity contribution in [3.63, 3.8) is 0 Å². The van der Waals surface area contributed by atoms with Crippen molar-refractivity contribution in [3.8, 4) is 11.5 Å². The number of benzene rings is 4. The van der Waals surface area contributed by atoms with E-state index in [0.29, 0.717) is 46.4 Å². The summed E-state index contributed by atoms with van der Waals surface area (Å²) in [5, 5.41) is 0. The lowest BCUT2D eigenvalue weighted by Gasteiger charge is -2.35. The molecule has 0 aromatic heterocycles. The molecule has 3 heterocycles. The predicted molar refractivity (Wildman–Crippen MR) is 178 cm³/mol.